The van der Waals surface area contributed by atoms with Gasteiger partial charge in [0.2, 0.25) is 5.91 Å². The van der Waals surface area contributed by atoms with Gasteiger partial charge < -0.3 is 10.6 Å². The van der Waals surface area contributed by atoms with Crippen molar-refractivity contribution in [1.82, 2.24) is 30.4 Å². The van der Waals surface area contributed by atoms with Gasteiger partial charge in [0.05, 0.1) is 12.2 Å². The number of aromatic nitrogens is 4. The standard InChI is InChI=1S/C17H26N6O/c1-17(2,3)10-13(24)19-8-9-23-16-15(20-6-7-21-16)14(22-23)12-4-5-18-11-12/h6-7,12,18H,4-5,8-11H2,1-3H3,(H,19,24)/t12-/m1/s1. The van der Waals surface area contributed by atoms with E-state index in [0.29, 0.717) is 25.4 Å². The molecular weight excluding hydrogens is 304 g/mol. The SMILES string of the molecule is CC(C)(C)CC(=O)NCCn1nc([C@@H]2CCNC2)c2nccnc21. The fourth-order valence-electron chi connectivity index (χ4n) is 3.09. The number of rotatable bonds is 5. The molecule has 1 aliphatic heterocycles. The molecule has 2 aromatic rings. The van der Waals surface area contributed by atoms with Crippen LogP contribution in [0.3, 0.4) is 0 Å². The monoisotopic (exact) mass is 330 g/mol. The smallest absolute Gasteiger partial charge is 0.220 e. The zero-order valence-electron chi connectivity index (χ0n) is 14.7. The van der Waals surface area contributed by atoms with Gasteiger partial charge in [-0.1, -0.05) is 20.8 Å². The molecule has 1 amide bonds. The summed E-state index contributed by atoms with van der Waals surface area (Å²) in [5, 5.41) is 11.1. The number of carbonyl (C=O) groups is 1. The van der Waals surface area contributed by atoms with Gasteiger partial charge in [0.25, 0.3) is 0 Å². The van der Waals surface area contributed by atoms with Crippen molar-refractivity contribution in [2.75, 3.05) is 19.6 Å². The third-order valence-electron chi connectivity index (χ3n) is 4.18. The maximum atomic E-state index is 11.9. The van der Waals surface area contributed by atoms with Gasteiger partial charge in [0, 0.05) is 37.8 Å². The van der Waals surface area contributed by atoms with E-state index in [1.807, 2.05) is 4.68 Å². The van der Waals surface area contributed by atoms with E-state index in [1.165, 1.54) is 0 Å². The summed E-state index contributed by atoms with van der Waals surface area (Å²) in [6.07, 6.45) is 5.00. The lowest BCUT2D eigenvalue weighted by Crippen LogP contribution is -2.30. The second-order valence-electron chi connectivity index (χ2n) is 7.61. The van der Waals surface area contributed by atoms with Crippen LogP contribution >= 0.6 is 0 Å². The Hall–Kier alpha value is -2.02. The van der Waals surface area contributed by atoms with Gasteiger partial charge in [-0.25, -0.2) is 14.6 Å². The van der Waals surface area contributed by atoms with Crippen LogP contribution in [0, 0.1) is 5.41 Å². The number of nitrogens with one attached hydrogen (secondary N) is 2. The van der Waals surface area contributed by atoms with E-state index in [9.17, 15) is 4.79 Å². The summed E-state index contributed by atoms with van der Waals surface area (Å²) in [5.74, 6) is 0.464. The van der Waals surface area contributed by atoms with E-state index in [1.54, 1.807) is 12.4 Å². The number of hydrogen-bond donors (Lipinski definition) is 2. The zero-order chi connectivity index (χ0) is 17.2. The lowest BCUT2D eigenvalue weighted by Gasteiger charge is -2.17. The fraction of sp³-hybridized carbons (Fsp3) is 0.647. The van der Waals surface area contributed by atoms with Gasteiger partial charge in [-0.2, -0.15) is 5.10 Å². The topological polar surface area (TPSA) is 84.7 Å². The molecule has 7 heteroatoms. The Balaban J connectivity index is 1.69. The Bertz CT molecular complexity index is 711. The largest absolute Gasteiger partial charge is 0.354 e. The number of carbonyl (C=O) groups excluding carboxylic acids is 1. The first-order valence-corrected chi connectivity index (χ1v) is 8.59. The van der Waals surface area contributed by atoms with Gasteiger partial charge >= 0.3 is 0 Å². The summed E-state index contributed by atoms with van der Waals surface area (Å²) in [7, 11) is 0. The Morgan fingerprint density at radius 1 is 1.38 bits per heavy atom. The molecule has 2 aromatic heterocycles. The highest BCUT2D eigenvalue weighted by Crippen LogP contribution is 2.26. The van der Waals surface area contributed by atoms with Gasteiger partial charge in [0.15, 0.2) is 5.65 Å². The predicted molar refractivity (Wildman–Crippen MR) is 92.6 cm³/mol. The lowest BCUT2D eigenvalue weighted by atomic mass is 9.92. The normalized spacial score (nSPS) is 18.2. The molecule has 130 valence electrons. The van der Waals surface area contributed by atoms with Crippen molar-refractivity contribution in [2.45, 2.75) is 46.1 Å². The molecule has 24 heavy (non-hydrogen) atoms. The first kappa shape index (κ1) is 16.8. The first-order chi connectivity index (χ1) is 11.4. The van der Waals surface area contributed by atoms with Gasteiger partial charge in [-0.15, -0.1) is 0 Å². The van der Waals surface area contributed by atoms with Gasteiger partial charge in [0.1, 0.15) is 5.52 Å². The lowest BCUT2D eigenvalue weighted by molar-refractivity contribution is -0.122. The maximum Gasteiger partial charge on any atom is 0.220 e. The minimum Gasteiger partial charge on any atom is -0.354 e. The van der Waals surface area contributed by atoms with Crippen LogP contribution < -0.4 is 10.6 Å². The highest BCUT2D eigenvalue weighted by molar-refractivity contribution is 5.76. The van der Waals surface area contributed by atoms with Crippen LogP contribution in [0.1, 0.15) is 45.2 Å². The molecule has 0 aliphatic carbocycles. The Kier molecular flexibility index (Phi) is 4.80. The molecule has 2 N–H and O–H groups in total. The minimum absolute atomic E-state index is 0.00337. The van der Waals surface area contributed by atoms with Crippen LogP contribution in [0.25, 0.3) is 11.2 Å². The molecule has 0 saturated carbocycles. The number of nitrogens with zero attached hydrogens (tertiary/aromatic N) is 4. The Labute approximate surface area is 142 Å². The second-order valence-corrected chi connectivity index (χ2v) is 7.61. The molecular formula is C17H26N6O. The molecule has 1 aliphatic rings. The van der Waals surface area contributed by atoms with Crippen LogP contribution in [-0.4, -0.2) is 45.3 Å². The van der Waals surface area contributed by atoms with E-state index in [2.05, 4.69) is 41.4 Å². The highest BCUT2D eigenvalue weighted by Gasteiger charge is 2.24. The van der Waals surface area contributed by atoms with E-state index in [4.69, 9.17) is 5.10 Å². The molecule has 3 rings (SSSR count). The summed E-state index contributed by atoms with van der Waals surface area (Å²) in [6.45, 7) is 9.28. The fourth-order valence-corrected chi connectivity index (χ4v) is 3.09. The quantitative estimate of drug-likeness (QED) is 0.867. The molecule has 0 spiro atoms. The molecule has 0 unspecified atom stereocenters. The van der Waals surface area contributed by atoms with Crippen molar-refractivity contribution >= 4 is 17.1 Å². The summed E-state index contributed by atoms with van der Waals surface area (Å²) in [6, 6.07) is 0. The van der Waals surface area contributed by atoms with Crippen molar-refractivity contribution in [3.63, 3.8) is 0 Å². The predicted octanol–water partition coefficient (Wildman–Crippen LogP) is 1.46. The Morgan fingerprint density at radius 2 is 2.17 bits per heavy atom. The average molecular weight is 330 g/mol. The second kappa shape index (κ2) is 6.84. The van der Waals surface area contributed by atoms with Crippen molar-refractivity contribution in [3.05, 3.63) is 18.1 Å². The molecule has 1 saturated heterocycles. The maximum absolute atomic E-state index is 11.9. The molecule has 1 atom stereocenters. The third-order valence-corrected chi connectivity index (χ3v) is 4.18. The number of hydrogen-bond acceptors (Lipinski definition) is 5. The van der Waals surface area contributed by atoms with Crippen molar-refractivity contribution in [2.24, 2.45) is 5.41 Å². The van der Waals surface area contributed by atoms with Gasteiger partial charge in [-0.3, -0.25) is 4.79 Å². The Morgan fingerprint density at radius 3 is 2.88 bits per heavy atom. The van der Waals surface area contributed by atoms with E-state index in [0.717, 1.165) is 36.4 Å². The molecule has 0 aromatic carbocycles. The summed E-state index contributed by atoms with van der Waals surface area (Å²) in [4.78, 5) is 20.9. The van der Waals surface area contributed by atoms with E-state index < -0.39 is 0 Å². The van der Waals surface area contributed by atoms with Crippen LogP contribution in [0.15, 0.2) is 12.4 Å². The average Bonchev–Trinajstić information content (AvgIpc) is 3.13. The molecule has 7 nitrogen and oxygen atoms in total. The zero-order valence-corrected chi connectivity index (χ0v) is 14.7. The molecule has 0 bridgehead atoms. The van der Waals surface area contributed by atoms with Crippen LogP contribution in [-0.2, 0) is 11.3 Å². The summed E-state index contributed by atoms with van der Waals surface area (Å²) < 4.78 is 1.87. The third kappa shape index (κ3) is 3.90. The summed E-state index contributed by atoms with van der Waals surface area (Å²) in [5.41, 5.74) is 2.69. The number of fused-ring (bicyclic) bond motifs is 1. The minimum atomic E-state index is -0.00337. The number of amides is 1. The van der Waals surface area contributed by atoms with Crippen LogP contribution in [0.5, 0.6) is 0 Å². The highest BCUT2D eigenvalue weighted by atomic mass is 16.1. The molecule has 3 heterocycles. The van der Waals surface area contributed by atoms with Crippen molar-refractivity contribution < 1.29 is 4.79 Å². The van der Waals surface area contributed by atoms with Crippen molar-refractivity contribution in [3.8, 4) is 0 Å². The van der Waals surface area contributed by atoms with Gasteiger partial charge in [-0.05, 0) is 18.4 Å². The van der Waals surface area contributed by atoms with E-state index >= 15 is 0 Å². The molecule has 0 radical (unpaired) electrons. The van der Waals surface area contributed by atoms with Crippen LogP contribution in [0.4, 0.5) is 0 Å². The summed E-state index contributed by atoms with van der Waals surface area (Å²) >= 11 is 0. The molecule has 1 fully saturated rings. The van der Waals surface area contributed by atoms with E-state index in [-0.39, 0.29) is 11.3 Å². The van der Waals surface area contributed by atoms with Crippen LogP contribution in [0.2, 0.25) is 0 Å². The van der Waals surface area contributed by atoms with Crippen molar-refractivity contribution in [1.29, 1.82) is 0 Å². The first-order valence-electron chi connectivity index (χ1n) is 8.59.